The van der Waals surface area contributed by atoms with Gasteiger partial charge in [-0.05, 0) is 57.0 Å². The molecule has 1 unspecified atom stereocenters. The Morgan fingerprint density at radius 3 is 2.70 bits per heavy atom. The fourth-order valence-electron chi connectivity index (χ4n) is 3.74. The number of rotatable bonds is 7. The van der Waals surface area contributed by atoms with E-state index in [1.54, 1.807) is 12.3 Å². The zero-order chi connectivity index (χ0) is 23.4. The number of aromatic nitrogens is 3. The minimum absolute atomic E-state index is 0.150. The molecular weight excluding hydrogens is 421 g/mol. The third kappa shape index (κ3) is 6.03. The molecule has 33 heavy (non-hydrogen) atoms. The lowest BCUT2D eigenvalue weighted by Gasteiger charge is -2.24. The van der Waals surface area contributed by atoms with Crippen LogP contribution >= 0.6 is 0 Å². The number of halogens is 1. The summed E-state index contributed by atoms with van der Waals surface area (Å²) in [5, 5.41) is 0. The molecule has 0 amide bonds. The fraction of sp³-hybridized carbons (Fsp3) is 0.400. The summed E-state index contributed by atoms with van der Waals surface area (Å²) in [7, 11) is 0. The SMILES string of the molecule is CC(C)(C)OCN1CCC(COc2ncccc2-c2ccc(-c3cnc(N)cn3)c(F)c2)C1. The Bertz CT molecular complexity index is 1080. The second kappa shape index (κ2) is 9.80. The Hall–Kier alpha value is -3.10. The van der Waals surface area contributed by atoms with E-state index in [4.69, 9.17) is 15.2 Å². The maximum absolute atomic E-state index is 14.9. The van der Waals surface area contributed by atoms with Crippen molar-refractivity contribution < 1.29 is 13.9 Å². The second-order valence-electron chi connectivity index (χ2n) is 9.31. The third-order valence-corrected chi connectivity index (χ3v) is 5.50. The first kappa shape index (κ1) is 23.1. The van der Waals surface area contributed by atoms with Crippen molar-refractivity contribution in [3.63, 3.8) is 0 Å². The number of nitrogens with zero attached hydrogens (tertiary/aromatic N) is 4. The summed E-state index contributed by atoms with van der Waals surface area (Å²) in [5.74, 6) is 0.791. The van der Waals surface area contributed by atoms with E-state index in [0.717, 1.165) is 25.1 Å². The van der Waals surface area contributed by atoms with Crippen molar-refractivity contribution in [3.8, 4) is 28.3 Å². The smallest absolute Gasteiger partial charge is 0.221 e. The van der Waals surface area contributed by atoms with Gasteiger partial charge in [-0.15, -0.1) is 0 Å². The van der Waals surface area contributed by atoms with Crippen LogP contribution in [0.1, 0.15) is 27.2 Å². The van der Waals surface area contributed by atoms with E-state index in [0.29, 0.717) is 47.8 Å². The number of anilines is 1. The van der Waals surface area contributed by atoms with Gasteiger partial charge in [-0.1, -0.05) is 6.07 Å². The van der Waals surface area contributed by atoms with Gasteiger partial charge in [0.2, 0.25) is 5.88 Å². The van der Waals surface area contributed by atoms with Crippen LogP contribution in [-0.2, 0) is 4.74 Å². The van der Waals surface area contributed by atoms with E-state index >= 15 is 0 Å². The van der Waals surface area contributed by atoms with E-state index in [9.17, 15) is 4.39 Å². The molecule has 1 atom stereocenters. The van der Waals surface area contributed by atoms with Gasteiger partial charge in [0.1, 0.15) is 11.6 Å². The molecule has 1 aromatic carbocycles. The first-order valence-electron chi connectivity index (χ1n) is 11.1. The molecule has 3 aromatic rings. The maximum atomic E-state index is 14.9. The van der Waals surface area contributed by atoms with Gasteiger partial charge in [-0.2, -0.15) is 0 Å². The number of benzene rings is 1. The summed E-state index contributed by atoms with van der Waals surface area (Å²) in [4.78, 5) is 14.9. The predicted octanol–water partition coefficient (Wildman–Crippen LogP) is 4.40. The Kier molecular flexibility index (Phi) is 6.85. The molecule has 1 aliphatic rings. The highest BCUT2D eigenvalue weighted by Gasteiger charge is 2.25. The molecule has 0 aliphatic carbocycles. The number of hydrogen-bond donors (Lipinski definition) is 1. The summed E-state index contributed by atoms with van der Waals surface area (Å²) in [6.45, 7) is 9.26. The van der Waals surface area contributed by atoms with Gasteiger partial charge in [0.25, 0.3) is 0 Å². The van der Waals surface area contributed by atoms with Crippen molar-refractivity contribution >= 4 is 5.82 Å². The molecule has 2 aromatic heterocycles. The summed E-state index contributed by atoms with van der Waals surface area (Å²) in [6, 6.07) is 8.70. The largest absolute Gasteiger partial charge is 0.477 e. The maximum Gasteiger partial charge on any atom is 0.221 e. The quantitative estimate of drug-likeness (QED) is 0.570. The first-order valence-corrected chi connectivity index (χ1v) is 11.1. The van der Waals surface area contributed by atoms with E-state index in [1.807, 2.05) is 18.2 Å². The van der Waals surface area contributed by atoms with Crippen LogP contribution in [0.5, 0.6) is 5.88 Å². The number of pyridine rings is 1. The van der Waals surface area contributed by atoms with Crippen molar-refractivity contribution in [1.82, 2.24) is 19.9 Å². The lowest BCUT2D eigenvalue weighted by molar-refractivity contribution is -0.0579. The normalized spacial score (nSPS) is 16.8. The molecule has 0 bridgehead atoms. The lowest BCUT2D eigenvalue weighted by Crippen LogP contribution is -2.31. The van der Waals surface area contributed by atoms with Crippen LogP contribution in [0.4, 0.5) is 10.2 Å². The molecular formula is C25H30FN5O2. The number of nitrogens with two attached hydrogens (primary N) is 1. The number of hydrogen-bond acceptors (Lipinski definition) is 7. The van der Waals surface area contributed by atoms with Crippen molar-refractivity contribution in [3.05, 3.63) is 54.7 Å². The zero-order valence-corrected chi connectivity index (χ0v) is 19.3. The van der Waals surface area contributed by atoms with Gasteiger partial charge in [0.05, 0.1) is 37.0 Å². The van der Waals surface area contributed by atoms with Crippen LogP contribution in [0, 0.1) is 11.7 Å². The molecule has 174 valence electrons. The second-order valence-corrected chi connectivity index (χ2v) is 9.31. The first-order chi connectivity index (χ1) is 15.8. The summed E-state index contributed by atoms with van der Waals surface area (Å²) < 4.78 is 26.9. The zero-order valence-electron chi connectivity index (χ0n) is 19.3. The molecule has 0 spiro atoms. The van der Waals surface area contributed by atoms with Crippen LogP contribution in [0.3, 0.4) is 0 Å². The molecule has 8 heteroatoms. The summed E-state index contributed by atoms with van der Waals surface area (Å²) >= 11 is 0. The highest BCUT2D eigenvalue weighted by molar-refractivity contribution is 5.72. The van der Waals surface area contributed by atoms with Gasteiger partial charge >= 0.3 is 0 Å². The van der Waals surface area contributed by atoms with E-state index in [-0.39, 0.29) is 5.60 Å². The van der Waals surface area contributed by atoms with Gasteiger partial charge in [-0.3, -0.25) is 9.88 Å². The topological polar surface area (TPSA) is 86.4 Å². The van der Waals surface area contributed by atoms with Crippen molar-refractivity contribution in [2.75, 3.05) is 32.2 Å². The fourth-order valence-corrected chi connectivity index (χ4v) is 3.74. The molecule has 1 fully saturated rings. The average molecular weight is 452 g/mol. The number of likely N-dealkylation sites (tertiary alicyclic amines) is 1. The lowest BCUT2D eigenvalue weighted by atomic mass is 10.0. The molecule has 7 nitrogen and oxygen atoms in total. The standard InChI is InChI=1S/C25H30FN5O2/c1-25(2,3)33-16-31-10-8-17(14-31)15-32-24-19(5-4-9-28-24)18-6-7-20(21(26)11-18)22-12-30-23(27)13-29-22/h4-7,9,11-13,17H,8,10,14-16H2,1-3H3,(H2,27,30). The van der Waals surface area contributed by atoms with Crippen molar-refractivity contribution in [1.29, 1.82) is 0 Å². The molecule has 2 N–H and O–H groups in total. The number of ether oxygens (including phenoxy) is 2. The Morgan fingerprint density at radius 1 is 1.12 bits per heavy atom. The van der Waals surface area contributed by atoms with Crippen LogP contribution in [-0.4, -0.2) is 51.9 Å². The van der Waals surface area contributed by atoms with Gasteiger partial charge in [0.15, 0.2) is 0 Å². The molecule has 0 saturated carbocycles. The van der Waals surface area contributed by atoms with Crippen LogP contribution in [0.15, 0.2) is 48.9 Å². The Labute approximate surface area is 193 Å². The monoisotopic (exact) mass is 451 g/mol. The molecule has 0 radical (unpaired) electrons. The van der Waals surface area contributed by atoms with Crippen molar-refractivity contribution in [2.24, 2.45) is 5.92 Å². The van der Waals surface area contributed by atoms with Gasteiger partial charge in [-0.25, -0.2) is 14.4 Å². The van der Waals surface area contributed by atoms with E-state index in [1.165, 1.54) is 18.5 Å². The highest BCUT2D eigenvalue weighted by Crippen LogP contribution is 2.32. The predicted molar refractivity (Wildman–Crippen MR) is 126 cm³/mol. The van der Waals surface area contributed by atoms with Crippen LogP contribution < -0.4 is 10.5 Å². The van der Waals surface area contributed by atoms with Gasteiger partial charge in [0, 0.05) is 36.3 Å². The average Bonchev–Trinajstić information content (AvgIpc) is 3.25. The number of nitrogen functional groups attached to an aromatic ring is 1. The van der Waals surface area contributed by atoms with Crippen LogP contribution in [0.25, 0.3) is 22.4 Å². The Morgan fingerprint density at radius 2 is 1.97 bits per heavy atom. The molecule has 1 aliphatic heterocycles. The molecule has 4 rings (SSSR count). The van der Waals surface area contributed by atoms with Crippen LogP contribution in [0.2, 0.25) is 0 Å². The van der Waals surface area contributed by atoms with E-state index < -0.39 is 5.82 Å². The third-order valence-electron chi connectivity index (χ3n) is 5.50. The molecule has 3 heterocycles. The van der Waals surface area contributed by atoms with E-state index in [2.05, 4.69) is 40.6 Å². The Balaban J connectivity index is 1.43. The van der Waals surface area contributed by atoms with Gasteiger partial charge < -0.3 is 15.2 Å². The minimum Gasteiger partial charge on any atom is -0.477 e. The summed E-state index contributed by atoms with van der Waals surface area (Å²) in [5.41, 5.74) is 7.65. The highest BCUT2D eigenvalue weighted by atomic mass is 19.1. The molecule has 1 saturated heterocycles. The minimum atomic E-state index is -0.397. The van der Waals surface area contributed by atoms with Crippen molar-refractivity contribution in [2.45, 2.75) is 32.8 Å². The summed E-state index contributed by atoms with van der Waals surface area (Å²) in [6.07, 6.45) is 5.60.